The molecule has 3 heteroatoms. The van der Waals surface area contributed by atoms with Gasteiger partial charge < -0.3 is 5.32 Å². The highest BCUT2D eigenvalue weighted by Crippen LogP contribution is 2.25. The summed E-state index contributed by atoms with van der Waals surface area (Å²) in [5.41, 5.74) is 3.88. The highest BCUT2D eigenvalue weighted by atomic mass is 15.1. The second-order valence-corrected chi connectivity index (χ2v) is 3.71. The molecule has 0 aliphatic carbocycles. The summed E-state index contributed by atoms with van der Waals surface area (Å²) in [5.74, 6) is 0. The fourth-order valence-corrected chi connectivity index (χ4v) is 2.12. The van der Waals surface area contributed by atoms with Crippen LogP contribution in [0.25, 0.3) is 0 Å². The maximum Gasteiger partial charge on any atom is 0.0826 e. The van der Waals surface area contributed by atoms with Crippen LogP contribution in [0.2, 0.25) is 0 Å². The molecule has 1 atom stereocenters. The second-order valence-electron chi connectivity index (χ2n) is 3.71. The van der Waals surface area contributed by atoms with Crippen LogP contribution in [0, 0.1) is 6.92 Å². The van der Waals surface area contributed by atoms with Crippen molar-refractivity contribution < 1.29 is 0 Å². The summed E-state index contributed by atoms with van der Waals surface area (Å²) >= 11 is 0. The molecule has 2 N–H and O–H groups in total. The van der Waals surface area contributed by atoms with Gasteiger partial charge in [-0.15, -0.1) is 0 Å². The van der Waals surface area contributed by atoms with Gasteiger partial charge >= 0.3 is 0 Å². The quantitative estimate of drug-likeness (QED) is 0.725. The van der Waals surface area contributed by atoms with E-state index in [2.05, 4.69) is 29.4 Å². The van der Waals surface area contributed by atoms with Crippen molar-refractivity contribution in [2.45, 2.75) is 39.2 Å². The number of nitrogens with one attached hydrogen (secondary N) is 2. The van der Waals surface area contributed by atoms with Crippen LogP contribution in [-0.4, -0.2) is 16.7 Å². The first-order valence-electron chi connectivity index (χ1n) is 5.10. The number of nitrogens with zero attached hydrogens (tertiary/aromatic N) is 1. The van der Waals surface area contributed by atoms with E-state index < -0.39 is 0 Å². The lowest BCUT2D eigenvalue weighted by Crippen LogP contribution is -2.14. The zero-order valence-electron chi connectivity index (χ0n) is 8.35. The van der Waals surface area contributed by atoms with Crippen LogP contribution < -0.4 is 5.32 Å². The zero-order valence-corrected chi connectivity index (χ0v) is 8.35. The van der Waals surface area contributed by atoms with Gasteiger partial charge in [-0.25, -0.2) is 0 Å². The van der Waals surface area contributed by atoms with Gasteiger partial charge in [0.1, 0.15) is 0 Å². The molecular weight excluding hydrogens is 162 g/mol. The van der Waals surface area contributed by atoms with Crippen molar-refractivity contribution in [3.8, 4) is 0 Å². The smallest absolute Gasteiger partial charge is 0.0826 e. The van der Waals surface area contributed by atoms with Gasteiger partial charge in [-0.1, -0.05) is 6.92 Å². The van der Waals surface area contributed by atoms with Gasteiger partial charge in [-0.2, -0.15) is 5.10 Å². The van der Waals surface area contributed by atoms with Crippen molar-refractivity contribution in [3.05, 3.63) is 17.0 Å². The van der Waals surface area contributed by atoms with E-state index in [1.807, 2.05) is 0 Å². The Morgan fingerprint density at radius 2 is 2.38 bits per heavy atom. The van der Waals surface area contributed by atoms with E-state index in [0.29, 0.717) is 6.04 Å². The highest BCUT2D eigenvalue weighted by Gasteiger charge is 2.21. The van der Waals surface area contributed by atoms with E-state index in [4.69, 9.17) is 0 Å². The molecule has 0 saturated carbocycles. The lowest BCUT2D eigenvalue weighted by atomic mass is 10.0. The first kappa shape index (κ1) is 8.75. The van der Waals surface area contributed by atoms with Crippen LogP contribution in [0.3, 0.4) is 0 Å². The van der Waals surface area contributed by atoms with E-state index in [0.717, 1.165) is 13.0 Å². The van der Waals surface area contributed by atoms with Crippen molar-refractivity contribution in [3.63, 3.8) is 0 Å². The number of H-pyrrole nitrogens is 1. The Labute approximate surface area is 78.9 Å². The molecule has 1 saturated heterocycles. The van der Waals surface area contributed by atoms with Crippen LogP contribution in [0.4, 0.5) is 0 Å². The summed E-state index contributed by atoms with van der Waals surface area (Å²) < 4.78 is 0. The van der Waals surface area contributed by atoms with Crippen molar-refractivity contribution in [2.24, 2.45) is 0 Å². The molecule has 1 aromatic rings. The van der Waals surface area contributed by atoms with Crippen molar-refractivity contribution >= 4 is 0 Å². The van der Waals surface area contributed by atoms with E-state index in [-0.39, 0.29) is 0 Å². The van der Waals surface area contributed by atoms with Crippen LogP contribution in [0.1, 0.15) is 42.8 Å². The highest BCUT2D eigenvalue weighted by molar-refractivity contribution is 5.27. The van der Waals surface area contributed by atoms with E-state index in [9.17, 15) is 0 Å². The minimum atomic E-state index is 0.500. The van der Waals surface area contributed by atoms with E-state index >= 15 is 0 Å². The molecule has 13 heavy (non-hydrogen) atoms. The topological polar surface area (TPSA) is 40.7 Å². The lowest BCUT2D eigenvalue weighted by molar-refractivity contribution is 0.619. The Kier molecular flexibility index (Phi) is 2.36. The summed E-state index contributed by atoms with van der Waals surface area (Å²) in [4.78, 5) is 0. The normalized spacial score (nSPS) is 22.5. The molecule has 0 aromatic carbocycles. The largest absolute Gasteiger partial charge is 0.309 e. The molecule has 3 nitrogen and oxygen atoms in total. The summed E-state index contributed by atoms with van der Waals surface area (Å²) in [6, 6.07) is 0.500. The fraction of sp³-hybridized carbons (Fsp3) is 0.700. The van der Waals surface area contributed by atoms with Gasteiger partial charge in [0.2, 0.25) is 0 Å². The molecule has 2 heterocycles. The fourth-order valence-electron chi connectivity index (χ4n) is 2.12. The molecule has 0 bridgehead atoms. The Bertz CT molecular complexity index is 284. The summed E-state index contributed by atoms with van der Waals surface area (Å²) in [5, 5.41) is 10.9. The summed E-state index contributed by atoms with van der Waals surface area (Å²) in [7, 11) is 0. The van der Waals surface area contributed by atoms with Gasteiger partial charge in [0, 0.05) is 5.69 Å². The maximum absolute atomic E-state index is 4.38. The predicted molar refractivity (Wildman–Crippen MR) is 52.7 cm³/mol. The molecule has 0 amide bonds. The average molecular weight is 179 g/mol. The standard InChI is InChI=1S/C10H17N3/c1-3-8-7(2)12-13-10(8)9-5-4-6-11-9/h9,11H,3-6H2,1-2H3,(H,12,13). The monoisotopic (exact) mass is 179 g/mol. The molecule has 72 valence electrons. The molecular formula is C10H17N3. The van der Waals surface area contributed by atoms with Gasteiger partial charge in [0.15, 0.2) is 0 Å². The number of aryl methyl sites for hydroxylation is 1. The Balaban J connectivity index is 2.27. The minimum absolute atomic E-state index is 0.500. The summed E-state index contributed by atoms with van der Waals surface area (Å²) in [6.07, 6.45) is 3.59. The number of hydrogen-bond donors (Lipinski definition) is 2. The molecule has 1 fully saturated rings. The lowest BCUT2D eigenvalue weighted by Gasteiger charge is -2.08. The number of aromatic nitrogens is 2. The molecule has 1 unspecified atom stereocenters. The Hall–Kier alpha value is -0.830. The minimum Gasteiger partial charge on any atom is -0.309 e. The third kappa shape index (κ3) is 1.48. The predicted octanol–water partition coefficient (Wildman–Crippen LogP) is 1.71. The van der Waals surface area contributed by atoms with E-state index in [1.54, 1.807) is 0 Å². The van der Waals surface area contributed by atoms with Crippen LogP contribution in [0.15, 0.2) is 0 Å². The number of rotatable bonds is 2. The first-order chi connectivity index (χ1) is 6.33. The van der Waals surface area contributed by atoms with Crippen molar-refractivity contribution in [1.29, 1.82) is 0 Å². The van der Waals surface area contributed by atoms with Crippen molar-refractivity contribution in [1.82, 2.24) is 15.5 Å². The maximum atomic E-state index is 4.38. The SMILES string of the molecule is CCc1c(C2CCCN2)n[nH]c1C. The third-order valence-corrected chi connectivity index (χ3v) is 2.85. The Morgan fingerprint density at radius 1 is 1.54 bits per heavy atom. The molecule has 1 aliphatic heterocycles. The Morgan fingerprint density at radius 3 is 3.00 bits per heavy atom. The van der Waals surface area contributed by atoms with Crippen molar-refractivity contribution in [2.75, 3.05) is 6.54 Å². The molecule has 2 rings (SSSR count). The van der Waals surface area contributed by atoms with Gasteiger partial charge in [0.05, 0.1) is 11.7 Å². The van der Waals surface area contributed by atoms with Gasteiger partial charge in [-0.05, 0) is 38.3 Å². The number of aromatic amines is 1. The number of hydrogen-bond acceptors (Lipinski definition) is 2. The second kappa shape index (κ2) is 3.50. The first-order valence-corrected chi connectivity index (χ1v) is 5.10. The third-order valence-electron chi connectivity index (χ3n) is 2.85. The zero-order chi connectivity index (χ0) is 9.26. The summed E-state index contributed by atoms with van der Waals surface area (Å²) in [6.45, 7) is 5.43. The molecule has 1 aliphatic rings. The molecule has 0 radical (unpaired) electrons. The van der Waals surface area contributed by atoms with E-state index in [1.165, 1.54) is 29.8 Å². The van der Waals surface area contributed by atoms with Gasteiger partial charge in [-0.3, -0.25) is 5.10 Å². The van der Waals surface area contributed by atoms with Crippen LogP contribution in [-0.2, 0) is 6.42 Å². The average Bonchev–Trinajstić information content (AvgIpc) is 2.71. The van der Waals surface area contributed by atoms with Gasteiger partial charge in [0.25, 0.3) is 0 Å². The molecule has 0 spiro atoms. The van der Waals surface area contributed by atoms with Crippen LogP contribution >= 0.6 is 0 Å². The molecule has 1 aromatic heterocycles. The van der Waals surface area contributed by atoms with Crippen LogP contribution in [0.5, 0.6) is 0 Å².